The Morgan fingerprint density at radius 3 is 2.70 bits per heavy atom. The number of rotatable bonds is 7. The van der Waals surface area contributed by atoms with Gasteiger partial charge in [-0.1, -0.05) is 13.3 Å². The largest absolute Gasteiger partial charge is 0.356 e. The van der Waals surface area contributed by atoms with Crippen LogP contribution >= 0.6 is 0 Å². The number of imidazole rings is 1. The number of H-pyrrole nitrogens is 2. The SMILES string of the molecule is CC(CNC(=O)CCc1nc2c([nH]1)c(=O)[nH]c(=O)n2C)CN1CCCCC1. The van der Waals surface area contributed by atoms with Crippen molar-refractivity contribution in [1.82, 2.24) is 29.7 Å². The molecule has 0 spiro atoms. The second kappa shape index (κ2) is 8.51. The number of amides is 1. The molecule has 3 N–H and O–H groups in total. The molecule has 1 amide bonds. The summed E-state index contributed by atoms with van der Waals surface area (Å²) < 4.78 is 1.28. The molecular weight excluding hydrogens is 348 g/mol. The first kappa shape index (κ1) is 19.3. The van der Waals surface area contributed by atoms with E-state index in [1.54, 1.807) is 7.05 Å². The third-order valence-corrected chi connectivity index (χ3v) is 5.06. The smallest absolute Gasteiger partial charge is 0.329 e. The van der Waals surface area contributed by atoms with Crippen LogP contribution in [-0.4, -0.2) is 56.5 Å². The molecule has 0 saturated carbocycles. The van der Waals surface area contributed by atoms with Crippen molar-refractivity contribution < 1.29 is 4.79 Å². The van der Waals surface area contributed by atoms with Gasteiger partial charge in [0, 0.05) is 33.0 Å². The maximum Gasteiger partial charge on any atom is 0.329 e. The monoisotopic (exact) mass is 376 g/mol. The summed E-state index contributed by atoms with van der Waals surface area (Å²) in [6.07, 6.45) is 4.52. The summed E-state index contributed by atoms with van der Waals surface area (Å²) in [5, 5.41) is 2.98. The van der Waals surface area contributed by atoms with E-state index in [1.807, 2.05) is 0 Å². The molecular formula is C18H28N6O3. The molecule has 0 aromatic carbocycles. The average molecular weight is 376 g/mol. The van der Waals surface area contributed by atoms with Crippen LogP contribution in [0.2, 0.25) is 0 Å². The molecule has 2 aromatic rings. The lowest BCUT2D eigenvalue weighted by molar-refractivity contribution is -0.121. The highest BCUT2D eigenvalue weighted by atomic mass is 16.2. The van der Waals surface area contributed by atoms with E-state index in [9.17, 15) is 14.4 Å². The summed E-state index contributed by atoms with van der Waals surface area (Å²) in [6, 6.07) is 0. The molecule has 1 unspecified atom stereocenters. The van der Waals surface area contributed by atoms with Gasteiger partial charge in [-0.05, 0) is 31.8 Å². The number of aromatic nitrogens is 4. The number of likely N-dealkylation sites (tertiary alicyclic amines) is 1. The van der Waals surface area contributed by atoms with Crippen molar-refractivity contribution in [1.29, 1.82) is 0 Å². The lowest BCUT2D eigenvalue weighted by Crippen LogP contribution is -2.38. The van der Waals surface area contributed by atoms with E-state index in [0.29, 0.717) is 30.4 Å². The average Bonchev–Trinajstić information content (AvgIpc) is 3.09. The molecule has 1 saturated heterocycles. The van der Waals surface area contributed by atoms with Gasteiger partial charge in [0.2, 0.25) is 5.91 Å². The molecule has 1 aliphatic rings. The molecule has 0 bridgehead atoms. The van der Waals surface area contributed by atoms with Crippen LogP contribution in [0, 0.1) is 5.92 Å². The van der Waals surface area contributed by atoms with Crippen molar-refractivity contribution >= 4 is 17.1 Å². The minimum Gasteiger partial charge on any atom is -0.356 e. The number of hydrogen-bond donors (Lipinski definition) is 3. The minimum atomic E-state index is -0.508. The number of carbonyl (C=O) groups excluding carboxylic acids is 1. The van der Waals surface area contributed by atoms with E-state index in [2.05, 4.69) is 32.1 Å². The number of fused-ring (bicyclic) bond motifs is 1. The second-order valence-corrected chi connectivity index (χ2v) is 7.47. The normalized spacial score (nSPS) is 16.5. The highest BCUT2D eigenvalue weighted by Gasteiger charge is 2.15. The molecule has 9 nitrogen and oxygen atoms in total. The fraction of sp³-hybridized carbons (Fsp3) is 0.667. The highest BCUT2D eigenvalue weighted by molar-refractivity contribution is 5.76. The lowest BCUT2D eigenvalue weighted by Gasteiger charge is -2.29. The Morgan fingerprint density at radius 1 is 1.22 bits per heavy atom. The highest BCUT2D eigenvalue weighted by Crippen LogP contribution is 2.10. The second-order valence-electron chi connectivity index (χ2n) is 7.47. The van der Waals surface area contributed by atoms with E-state index in [-0.39, 0.29) is 17.8 Å². The third-order valence-electron chi connectivity index (χ3n) is 5.06. The van der Waals surface area contributed by atoms with Crippen LogP contribution in [0.5, 0.6) is 0 Å². The Morgan fingerprint density at radius 2 is 1.96 bits per heavy atom. The number of aryl methyl sites for hydroxylation is 2. The number of nitrogens with zero attached hydrogens (tertiary/aromatic N) is 3. The van der Waals surface area contributed by atoms with Crippen LogP contribution in [-0.2, 0) is 18.3 Å². The molecule has 0 aliphatic carbocycles. The van der Waals surface area contributed by atoms with Crippen LogP contribution in [0.15, 0.2) is 9.59 Å². The first-order valence-corrected chi connectivity index (χ1v) is 9.61. The number of piperidine rings is 1. The maximum atomic E-state index is 12.1. The Kier molecular flexibility index (Phi) is 6.10. The standard InChI is InChI=1S/C18H28N6O3/c1-12(11-24-8-4-3-5-9-24)10-19-14(25)7-6-13-20-15-16(21-13)23(2)18(27)22-17(15)26/h12H,3-11H2,1-2H3,(H,19,25)(H,20,21)(H,22,26,27). The van der Waals surface area contributed by atoms with Gasteiger partial charge in [0.15, 0.2) is 5.65 Å². The quantitative estimate of drug-likeness (QED) is 0.635. The van der Waals surface area contributed by atoms with E-state index < -0.39 is 11.2 Å². The Hall–Kier alpha value is -2.42. The molecule has 1 atom stereocenters. The van der Waals surface area contributed by atoms with Gasteiger partial charge in [-0.2, -0.15) is 0 Å². The summed E-state index contributed by atoms with van der Waals surface area (Å²) >= 11 is 0. The topological polar surface area (TPSA) is 116 Å². The molecule has 1 fully saturated rings. The molecule has 148 valence electrons. The molecule has 3 rings (SSSR count). The summed E-state index contributed by atoms with van der Waals surface area (Å²) in [5.41, 5.74) is -0.453. The van der Waals surface area contributed by atoms with Gasteiger partial charge < -0.3 is 15.2 Å². The van der Waals surface area contributed by atoms with Gasteiger partial charge in [0.25, 0.3) is 5.56 Å². The van der Waals surface area contributed by atoms with Crippen molar-refractivity contribution in [2.24, 2.45) is 13.0 Å². The number of carbonyl (C=O) groups is 1. The molecule has 27 heavy (non-hydrogen) atoms. The summed E-state index contributed by atoms with van der Waals surface area (Å²) in [4.78, 5) is 47.4. The zero-order valence-electron chi connectivity index (χ0n) is 16.0. The molecule has 0 radical (unpaired) electrons. The molecule has 3 heterocycles. The zero-order valence-corrected chi connectivity index (χ0v) is 16.0. The van der Waals surface area contributed by atoms with E-state index in [1.165, 1.54) is 23.8 Å². The van der Waals surface area contributed by atoms with Gasteiger partial charge in [-0.3, -0.25) is 19.1 Å². The van der Waals surface area contributed by atoms with E-state index >= 15 is 0 Å². The lowest BCUT2D eigenvalue weighted by atomic mass is 10.1. The molecule has 2 aromatic heterocycles. The first-order chi connectivity index (χ1) is 12.9. The van der Waals surface area contributed by atoms with Gasteiger partial charge in [-0.15, -0.1) is 0 Å². The van der Waals surface area contributed by atoms with Crippen molar-refractivity contribution in [2.75, 3.05) is 26.2 Å². The Labute approximate surface area is 157 Å². The van der Waals surface area contributed by atoms with Crippen molar-refractivity contribution in [3.63, 3.8) is 0 Å². The summed E-state index contributed by atoms with van der Waals surface area (Å²) in [6.45, 7) is 6.14. The Balaban J connectivity index is 1.48. The van der Waals surface area contributed by atoms with Crippen LogP contribution in [0.1, 0.15) is 38.4 Å². The van der Waals surface area contributed by atoms with Gasteiger partial charge in [0.1, 0.15) is 11.3 Å². The predicted molar refractivity (Wildman–Crippen MR) is 103 cm³/mol. The van der Waals surface area contributed by atoms with Gasteiger partial charge >= 0.3 is 5.69 Å². The molecule has 9 heteroatoms. The van der Waals surface area contributed by atoms with Crippen LogP contribution in [0.3, 0.4) is 0 Å². The van der Waals surface area contributed by atoms with E-state index in [0.717, 1.165) is 19.6 Å². The van der Waals surface area contributed by atoms with Gasteiger partial charge in [-0.25, -0.2) is 9.78 Å². The molecule has 1 aliphatic heterocycles. The third kappa shape index (κ3) is 4.85. The maximum absolute atomic E-state index is 12.1. The van der Waals surface area contributed by atoms with Crippen LogP contribution < -0.4 is 16.6 Å². The predicted octanol–water partition coefficient (Wildman–Crippen LogP) is 0.121. The first-order valence-electron chi connectivity index (χ1n) is 9.61. The van der Waals surface area contributed by atoms with Gasteiger partial charge in [0.05, 0.1) is 0 Å². The number of nitrogens with one attached hydrogen (secondary N) is 3. The summed E-state index contributed by atoms with van der Waals surface area (Å²) in [7, 11) is 1.54. The fourth-order valence-electron chi connectivity index (χ4n) is 3.53. The number of hydrogen-bond acceptors (Lipinski definition) is 5. The fourth-order valence-corrected chi connectivity index (χ4v) is 3.53. The van der Waals surface area contributed by atoms with Crippen molar-refractivity contribution in [2.45, 2.75) is 39.0 Å². The van der Waals surface area contributed by atoms with Crippen LogP contribution in [0.4, 0.5) is 0 Å². The Bertz CT molecular complexity index is 906. The minimum absolute atomic E-state index is 0.0382. The zero-order chi connectivity index (χ0) is 19.4. The van der Waals surface area contributed by atoms with Crippen LogP contribution in [0.25, 0.3) is 11.2 Å². The van der Waals surface area contributed by atoms with E-state index in [4.69, 9.17) is 0 Å². The summed E-state index contributed by atoms with van der Waals surface area (Å²) in [5.74, 6) is 0.892. The van der Waals surface area contributed by atoms with Crippen molar-refractivity contribution in [3.05, 3.63) is 26.7 Å². The van der Waals surface area contributed by atoms with Crippen molar-refractivity contribution in [3.8, 4) is 0 Å². The number of aromatic amines is 2.